The molecule has 0 spiro atoms. The summed E-state index contributed by atoms with van der Waals surface area (Å²) in [5.74, 6) is 0.576. The Morgan fingerprint density at radius 1 is 1.25 bits per heavy atom. The normalized spacial score (nSPS) is 16.8. The van der Waals surface area contributed by atoms with Gasteiger partial charge in [0.05, 0.1) is 25.8 Å². The second-order valence-electron chi connectivity index (χ2n) is 6.81. The maximum Gasteiger partial charge on any atom is 0.191 e. The van der Waals surface area contributed by atoms with E-state index in [2.05, 4.69) is 41.5 Å². The number of halogens is 1. The number of nitrogens with zero attached hydrogens (tertiary/aromatic N) is 2. The minimum atomic E-state index is -0.204. The molecule has 1 aromatic carbocycles. The van der Waals surface area contributed by atoms with Gasteiger partial charge in [-0.2, -0.15) is 0 Å². The Labute approximate surface area is 170 Å². The maximum atomic E-state index is 13.8. The van der Waals surface area contributed by atoms with Crippen molar-refractivity contribution in [2.24, 2.45) is 4.99 Å². The van der Waals surface area contributed by atoms with Gasteiger partial charge in [0, 0.05) is 35.9 Å². The molecule has 1 aromatic heterocycles. The molecule has 0 aliphatic carbocycles. The number of thiophene rings is 1. The molecule has 2 aromatic rings. The number of aliphatic imine (C=N–C) groups is 1. The van der Waals surface area contributed by atoms with Gasteiger partial charge in [0.1, 0.15) is 5.82 Å². The van der Waals surface area contributed by atoms with Gasteiger partial charge in [-0.1, -0.05) is 12.1 Å². The van der Waals surface area contributed by atoms with Crippen molar-refractivity contribution in [3.8, 4) is 0 Å². The number of morpholine rings is 1. The Hall–Kier alpha value is -1.96. The number of aryl methyl sites for hydroxylation is 1. The highest BCUT2D eigenvalue weighted by Gasteiger charge is 2.23. The van der Waals surface area contributed by atoms with Crippen LogP contribution in [0.15, 0.2) is 41.4 Å². The largest absolute Gasteiger partial charge is 0.379 e. The Bertz CT molecular complexity index is 773. The third kappa shape index (κ3) is 6.02. The number of nitrogens with one attached hydrogen (secondary N) is 2. The van der Waals surface area contributed by atoms with Crippen molar-refractivity contribution in [2.45, 2.75) is 26.4 Å². The van der Waals surface area contributed by atoms with Crippen LogP contribution in [-0.2, 0) is 11.3 Å². The summed E-state index contributed by atoms with van der Waals surface area (Å²) < 4.78 is 19.3. The van der Waals surface area contributed by atoms with Crippen LogP contribution >= 0.6 is 11.3 Å². The Balaban J connectivity index is 1.70. The number of hydrogen-bond acceptors (Lipinski definition) is 4. The van der Waals surface area contributed by atoms with Crippen LogP contribution in [-0.4, -0.2) is 50.3 Å². The maximum absolute atomic E-state index is 13.8. The van der Waals surface area contributed by atoms with Crippen LogP contribution in [0.1, 0.15) is 28.3 Å². The fourth-order valence-electron chi connectivity index (χ4n) is 3.32. The lowest BCUT2D eigenvalue weighted by Gasteiger charge is -2.35. The first-order valence-electron chi connectivity index (χ1n) is 9.80. The van der Waals surface area contributed by atoms with Gasteiger partial charge < -0.3 is 15.4 Å². The van der Waals surface area contributed by atoms with Gasteiger partial charge in [0.15, 0.2) is 5.96 Å². The Morgan fingerprint density at radius 2 is 2.07 bits per heavy atom. The van der Waals surface area contributed by atoms with Crippen molar-refractivity contribution in [1.82, 2.24) is 15.5 Å². The van der Waals surface area contributed by atoms with E-state index in [0.29, 0.717) is 26.3 Å². The lowest BCUT2D eigenvalue weighted by molar-refractivity contribution is 0.0169. The van der Waals surface area contributed by atoms with Crippen molar-refractivity contribution < 1.29 is 9.13 Å². The number of guanidine groups is 1. The molecule has 1 unspecified atom stereocenters. The highest BCUT2D eigenvalue weighted by Crippen LogP contribution is 2.22. The summed E-state index contributed by atoms with van der Waals surface area (Å²) in [5.41, 5.74) is 0.971. The molecule has 3 rings (SSSR count). The quantitative estimate of drug-likeness (QED) is 0.549. The van der Waals surface area contributed by atoms with Gasteiger partial charge in [0.25, 0.3) is 0 Å². The van der Waals surface area contributed by atoms with Crippen molar-refractivity contribution >= 4 is 17.3 Å². The molecule has 1 fully saturated rings. The molecule has 1 atom stereocenters. The van der Waals surface area contributed by atoms with E-state index in [-0.39, 0.29) is 11.9 Å². The Morgan fingerprint density at radius 3 is 2.75 bits per heavy atom. The molecule has 28 heavy (non-hydrogen) atoms. The van der Waals surface area contributed by atoms with Gasteiger partial charge in [-0.05, 0) is 43.7 Å². The molecule has 1 aliphatic rings. The molecule has 1 saturated heterocycles. The van der Waals surface area contributed by atoms with Crippen LogP contribution in [0.2, 0.25) is 0 Å². The second kappa shape index (κ2) is 10.5. The second-order valence-corrected chi connectivity index (χ2v) is 8.18. The zero-order chi connectivity index (χ0) is 19.8. The molecule has 1 aliphatic heterocycles. The predicted octanol–water partition coefficient (Wildman–Crippen LogP) is 3.32. The van der Waals surface area contributed by atoms with Crippen molar-refractivity contribution in [3.63, 3.8) is 0 Å². The SMILES string of the molecule is CCNC(=NCc1ccc(C)s1)NCC(c1cccc(F)c1)N1CCOCC1. The minimum Gasteiger partial charge on any atom is -0.379 e. The van der Waals surface area contributed by atoms with Gasteiger partial charge >= 0.3 is 0 Å². The Kier molecular flexibility index (Phi) is 7.82. The van der Waals surface area contributed by atoms with E-state index in [9.17, 15) is 4.39 Å². The monoisotopic (exact) mass is 404 g/mol. The summed E-state index contributed by atoms with van der Waals surface area (Å²) >= 11 is 1.77. The fraction of sp³-hybridized carbons (Fsp3) is 0.476. The molecule has 0 radical (unpaired) electrons. The summed E-state index contributed by atoms with van der Waals surface area (Å²) in [6.45, 7) is 9.34. The molecule has 2 heterocycles. The van der Waals surface area contributed by atoms with Crippen LogP contribution in [0, 0.1) is 12.7 Å². The van der Waals surface area contributed by atoms with Crippen LogP contribution in [0.3, 0.4) is 0 Å². The first-order chi connectivity index (χ1) is 13.7. The van der Waals surface area contributed by atoms with E-state index < -0.39 is 0 Å². The number of rotatable bonds is 7. The smallest absolute Gasteiger partial charge is 0.191 e. The third-order valence-corrected chi connectivity index (χ3v) is 5.70. The van der Waals surface area contributed by atoms with Crippen molar-refractivity contribution in [2.75, 3.05) is 39.4 Å². The summed E-state index contributed by atoms with van der Waals surface area (Å²) in [4.78, 5) is 9.59. The van der Waals surface area contributed by atoms with Crippen LogP contribution in [0.25, 0.3) is 0 Å². The summed E-state index contributed by atoms with van der Waals surface area (Å²) in [5, 5.41) is 6.76. The molecule has 2 N–H and O–H groups in total. The summed E-state index contributed by atoms with van der Waals surface area (Å²) in [6.07, 6.45) is 0. The van der Waals surface area contributed by atoms with E-state index in [1.807, 2.05) is 6.07 Å². The van der Waals surface area contributed by atoms with E-state index in [0.717, 1.165) is 31.2 Å². The molecule has 0 saturated carbocycles. The fourth-order valence-corrected chi connectivity index (χ4v) is 4.14. The van der Waals surface area contributed by atoms with Crippen LogP contribution in [0.4, 0.5) is 4.39 Å². The summed E-state index contributed by atoms with van der Waals surface area (Å²) in [7, 11) is 0. The third-order valence-electron chi connectivity index (χ3n) is 4.72. The molecule has 152 valence electrons. The average Bonchev–Trinajstić information content (AvgIpc) is 3.12. The zero-order valence-corrected chi connectivity index (χ0v) is 17.4. The average molecular weight is 405 g/mol. The van der Waals surface area contributed by atoms with Crippen LogP contribution in [0.5, 0.6) is 0 Å². The zero-order valence-electron chi connectivity index (χ0n) is 16.6. The predicted molar refractivity (Wildman–Crippen MR) is 113 cm³/mol. The molecule has 7 heteroatoms. The highest BCUT2D eigenvalue weighted by molar-refractivity contribution is 7.11. The molecule has 0 amide bonds. The number of hydrogen-bond donors (Lipinski definition) is 2. The van der Waals surface area contributed by atoms with E-state index in [1.54, 1.807) is 23.5 Å². The first kappa shape index (κ1) is 20.8. The van der Waals surface area contributed by atoms with Crippen molar-refractivity contribution in [1.29, 1.82) is 0 Å². The molecular weight excluding hydrogens is 375 g/mol. The van der Waals surface area contributed by atoms with E-state index in [4.69, 9.17) is 9.73 Å². The lowest BCUT2D eigenvalue weighted by Crippen LogP contribution is -2.46. The first-order valence-corrected chi connectivity index (χ1v) is 10.6. The number of ether oxygens (including phenoxy) is 1. The highest BCUT2D eigenvalue weighted by atomic mass is 32.1. The minimum absolute atomic E-state index is 0.0624. The molecule has 5 nitrogen and oxygen atoms in total. The van der Waals surface area contributed by atoms with Gasteiger partial charge in [-0.25, -0.2) is 9.38 Å². The van der Waals surface area contributed by atoms with Gasteiger partial charge in [-0.3, -0.25) is 4.90 Å². The topological polar surface area (TPSA) is 48.9 Å². The summed E-state index contributed by atoms with van der Waals surface area (Å²) in [6, 6.07) is 11.2. The number of benzene rings is 1. The van der Waals surface area contributed by atoms with E-state index >= 15 is 0 Å². The van der Waals surface area contributed by atoms with Gasteiger partial charge in [0.2, 0.25) is 0 Å². The van der Waals surface area contributed by atoms with Crippen molar-refractivity contribution in [3.05, 3.63) is 57.5 Å². The lowest BCUT2D eigenvalue weighted by atomic mass is 10.0. The molecule has 0 bridgehead atoms. The molecular formula is C21H29FN4OS. The van der Waals surface area contributed by atoms with Gasteiger partial charge in [-0.15, -0.1) is 11.3 Å². The van der Waals surface area contributed by atoms with Crippen LogP contribution < -0.4 is 10.6 Å². The standard InChI is InChI=1S/C21H29FN4OS/c1-3-23-21(24-14-19-8-7-16(2)28-19)25-15-20(26-9-11-27-12-10-26)17-5-4-6-18(22)13-17/h4-8,13,20H,3,9-12,14-15H2,1-2H3,(H2,23,24,25). The van der Waals surface area contributed by atoms with E-state index in [1.165, 1.54) is 15.8 Å².